The van der Waals surface area contributed by atoms with Gasteiger partial charge in [0.05, 0.1) is 19.0 Å². The normalized spacial score (nSPS) is 28.3. The summed E-state index contributed by atoms with van der Waals surface area (Å²) in [7, 11) is 0. The van der Waals surface area contributed by atoms with Gasteiger partial charge in [0.1, 0.15) is 18.1 Å². The largest absolute Gasteiger partial charge is 0.395 e. The third-order valence-corrected chi connectivity index (χ3v) is 4.66. The highest BCUT2D eigenvalue weighted by Gasteiger charge is 2.38. The highest BCUT2D eigenvalue weighted by Crippen LogP contribution is 2.40. The van der Waals surface area contributed by atoms with Crippen molar-refractivity contribution >= 4 is 17.5 Å². The minimum absolute atomic E-state index is 0.00732. The summed E-state index contributed by atoms with van der Waals surface area (Å²) in [5.74, 6) is 0.752. The Balaban J connectivity index is 2.14. The molecule has 7 nitrogen and oxygen atoms in total. The Morgan fingerprint density at radius 1 is 1.45 bits per heavy atom. The van der Waals surface area contributed by atoms with E-state index in [0.717, 1.165) is 12.7 Å². The molecule has 1 saturated heterocycles. The summed E-state index contributed by atoms with van der Waals surface area (Å²) in [6.07, 6.45) is 6.21. The first-order valence-electron chi connectivity index (χ1n) is 7.57. The van der Waals surface area contributed by atoms with Gasteiger partial charge >= 0.3 is 0 Å². The van der Waals surface area contributed by atoms with Crippen molar-refractivity contribution in [2.75, 3.05) is 0 Å². The maximum absolute atomic E-state index is 10.9. The van der Waals surface area contributed by atoms with Crippen molar-refractivity contribution in [3.63, 3.8) is 0 Å². The monoisotopic (exact) mass is 302 g/mol. The third kappa shape index (κ3) is 2.16. The van der Waals surface area contributed by atoms with Crippen molar-refractivity contribution < 1.29 is 9.53 Å². The van der Waals surface area contributed by atoms with Crippen LogP contribution in [0.1, 0.15) is 33.4 Å². The molecule has 2 aromatic rings. The standard InChI is InChI=1S/C15H20N5O2/c1-4-12-9(2)10(3)14(22-12)20-8-18-11-7-17-15(16)19(5-6-21)13(11)20/h6,8-10,12,14,16H,4-5H2,1-3H3/q-1. The average molecular weight is 302 g/mol. The second-order valence-corrected chi connectivity index (χ2v) is 5.84. The number of nitrogens with zero attached hydrogens (tertiary/aromatic N) is 4. The van der Waals surface area contributed by atoms with Gasteiger partial charge in [0.2, 0.25) is 0 Å². The minimum Gasteiger partial charge on any atom is -0.395 e. The van der Waals surface area contributed by atoms with Gasteiger partial charge in [-0.3, -0.25) is 4.98 Å². The summed E-state index contributed by atoms with van der Waals surface area (Å²) in [5, 5.41) is 7.91. The summed E-state index contributed by atoms with van der Waals surface area (Å²) in [4.78, 5) is 19.1. The van der Waals surface area contributed by atoms with E-state index >= 15 is 0 Å². The fourth-order valence-electron chi connectivity index (χ4n) is 3.21. The van der Waals surface area contributed by atoms with E-state index in [1.807, 2.05) is 4.57 Å². The molecular formula is C15H20N5O2-. The number of carbonyl (C=O) groups excluding carboxylic acids is 1. The number of hydrogen-bond acceptors (Lipinski definition) is 5. The Morgan fingerprint density at radius 2 is 2.23 bits per heavy atom. The molecule has 0 radical (unpaired) electrons. The molecule has 1 aliphatic heterocycles. The summed E-state index contributed by atoms with van der Waals surface area (Å²) >= 11 is 0. The van der Waals surface area contributed by atoms with Crippen molar-refractivity contribution in [1.82, 2.24) is 19.1 Å². The first-order chi connectivity index (χ1) is 10.6. The van der Waals surface area contributed by atoms with Crippen LogP contribution < -0.4 is 5.62 Å². The number of aromatic nitrogens is 4. The Hall–Kier alpha value is -2.02. The van der Waals surface area contributed by atoms with Gasteiger partial charge in [0.25, 0.3) is 0 Å². The lowest BCUT2D eigenvalue weighted by Gasteiger charge is -2.24. The SMILES string of the molecule is CCC1OC(n2cnc3[c-]nc(=N)n(CC=O)c32)C(C)C1C. The van der Waals surface area contributed by atoms with Crippen LogP contribution in [0, 0.1) is 23.4 Å². The van der Waals surface area contributed by atoms with E-state index in [4.69, 9.17) is 10.1 Å². The van der Waals surface area contributed by atoms with E-state index in [9.17, 15) is 4.79 Å². The average Bonchev–Trinajstić information content (AvgIpc) is 3.05. The molecule has 1 N–H and O–H groups in total. The van der Waals surface area contributed by atoms with Crippen LogP contribution in [0.5, 0.6) is 0 Å². The van der Waals surface area contributed by atoms with Gasteiger partial charge in [-0.15, -0.1) is 0 Å². The van der Waals surface area contributed by atoms with Crippen molar-refractivity contribution in [2.45, 2.75) is 46.1 Å². The molecular weight excluding hydrogens is 282 g/mol. The molecule has 1 fully saturated rings. The zero-order chi connectivity index (χ0) is 15.9. The first kappa shape index (κ1) is 14.9. The molecule has 0 aliphatic carbocycles. The number of hydrogen-bond donors (Lipinski definition) is 1. The maximum Gasteiger partial charge on any atom is 0.137 e. The summed E-state index contributed by atoms with van der Waals surface area (Å²) in [5.41, 5.74) is 1.20. The first-order valence-corrected chi connectivity index (χ1v) is 7.57. The predicted octanol–water partition coefficient (Wildman–Crippen LogP) is 1.29. The van der Waals surface area contributed by atoms with Crippen molar-refractivity contribution in [2.24, 2.45) is 11.8 Å². The quantitative estimate of drug-likeness (QED) is 0.681. The Bertz CT molecular complexity index is 750. The molecule has 3 rings (SSSR count). The van der Waals surface area contributed by atoms with Gasteiger partial charge in [-0.2, -0.15) is 0 Å². The predicted molar refractivity (Wildman–Crippen MR) is 78.8 cm³/mol. The van der Waals surface area contributed by atoms with Gasteiger partial charge in [-0.05, 0) is 18.5 Å². The second-order valence-electron chi connectivity index (χ2n) is 5.84. The lowest BCUT2D eigenvalue weighted by molar-refractivity contribution is -0.108. The smallest absolute Gasteiger partial charge is 0.137 e. The van der Waals surface area contributed by atoms with Crippen molar-refractivity contribution in [3.8, 4) is 0 Å². The van der Waals surface area contributed by atoms with Gasteiger partial charge < -0.3 is 29.1 Å². The summed E-state index contributed by atoms with van der Waals surface area (Å²) in [6.45, 7) is 6.54. The van der Waals surface area contributed by atoms with Gasteiger partial charge in [0.15, 0.2) is 0 Å². The van der Waals surface area contributed by atoms with Crippen LogP contribution in [-0.2, 0) is 16.1 Å². The summed E-state index contributed by atoms with van der Waals surface area (Å²) < 4.78 is 9.63. The molecule has 0 aromatic carbocycles. The Morgan fingerprint density at radius 3 is 2.86 bits per heavy atom. The van der Waals surface area contributed by atoms with E-state index in [1.54, 1.807) is 6.33 Å². The molecule has 1 aliphatic rings. The number of imidazole rings is 1. The van der Waals surface area contributed by atoms with E-state index in [-0.39, 0.29) is 24.5 Å². The number of fused-ring (bicyclic) bond motifs is 1. The lowest BCUT2D eigenvalue weighted by atomic mass is 9.91. The fraction of sp³-hybridized carbons (Fsp3) is 0.600. The Kier molecular flexibility index (Phi) is 3.82. The molecule has 3 heterocycles. The van der Waals surface area contributed by atoms with Crippen LogP contribution in [0.25, 0.3) is 11.2 Å². The van der Waals surface area contributed by atoms with Crippen molar-refractivity contribution in [3.05, 3.63) is 18.1 Å². The molecule has 22 heavy (non-hydrogen) atoms. The number of rotatable bonds is 4. The zero-order valence-electron chi connectivity index (χ0n) is 13.0. The van der Waals surface area contributed by atoms with Crippen LogP contribution in [0.3, 0.4) is 0 Å². The molecule has 0 amide bonds. The van der Waals surface area contributed by atoms with E-state index in [0.29, 0.717) is 23.0 Å². The van der Waals surface area contributed by atoms with Gasteiger partial charge in [0, 0.05) is 17.1 Å². The highest BCUT2D eigenvalue weighted by atomic mass is 16.5. The number of carbonyl (C=O) groups is 1. The van der Waals surface area contributed by atoms with E-state index in [1.165, 1.54) is 4.57 Å². The molecule has 4 atom stereocenters. The van der Waals surface area contributed by atoms with Gasteiger partial charge in [-0.25, -0.2) is 0 Å². The summed E-state index contributed by atoms with van der Waals surface area (Å²) in [6, 6.07) is 0. The topological polar surface area (TPSA) is 85.8 Å². The van der Waals surface area contributed by atoms with E-state index in [2.05, 4.69) is 36.9 Å². The van der Waals surface area contributed by atoms with E-state index < -0.39 is 0 Å². The van der Waals surface area contributed by atoms with Crippen LogP contribution in [0.2, 0.25) is 0 Å². The second kappa shape index (κ2) is 5.64. The molecule has 0 saturated carbocycles. The molecule has 4 unspecified atom stereocenters. The van der Waals surface area contributed by atoms with Crippen molar-refractivity contribution in [1.29, 1.82) is 5.41 Å². The number of ether oxygens (including phenoxy) is 1. The minimum atomic E-state index is -0.155. The van der Waals surface area contributed by atoms with Crippen LogP contribution >= 0.6 is 0 Å². The third-order valence-electron chi connectivity index (χ3n) is 4.66. The van der Waals surface area contributed by atoms with Gasteiger partial charge in [-0.1, -0.05) is 20.8 Å². The Labute approximate surface area is 128 Å². The number of nitrogens with one attached hydrogen (secondary N) is 1. The lowest BCUT2D eigenvalue weighted by Crippen LogP contribution is -2.27. The van der Waals surface area contributed by atoms with Crippen LogP contribution in [0.15, 0.2) is 6.33 Å². The zero-order valence-corrected chi connectivity index (χ0v) is 13.0. The molecule has 0 bridgehead atoms. The molecule has 7 heteroatoms. The maximum atomic E-state index is 10.9. The van der Waals surface area contributed by atoms with Crippen LogP contribution in [0.4, 0.5) is 0 Å². The number of aldehydes is 1. The molecule has 0 spiro atoms. The molecule has 2 aromatic heterocycles. The highest BCUT2D eigenvalue weighted by molar-refractivity contribution is 5.70. The molecule has 118 valence electrons. The fourth-order valence-corrected chi connectivity index (χ4v) is 3.21. The van der Waals surface area contributed by atoms with Crippen LogP contribution in [-0.4, -0.2) is 31.5 Å².